The van der Waals surface area contributed by atoms with Gasteiger partial charge in [0.25, 0.3) is 0 Å². The maximum atomic E-state index is 3.74. The van der Waals surface area contributed by atoms with Crippen molar-refractivity contribution in [2.75, 3.05) is 6.54 Å². The number of fused-ring (bicyclic) bond motifs is 1. The van der Waals surface area contributed by atoms with Crippen molar-refractivity contribution in [1.29, 1.82) is 0 Å². The lowest BCUT2D eigenvalue weighted by atomic mass is 9.74. The van der Waals surface area contributed by atoms with Gasteiger partial charge in [-0.3, -0.25) is 0 Å². The summed E-state index contributed by atoms with van der Waals surface area (Å²) in [5, 5.41) is 3.74. The molecule has 0 heterocycles. The van der Waals surface area contributed by atoms with Crippen LogP contribution in [-0.4, -0.2) is 12.6 Å². The van der Waals surface area contributed by atoms with Crippen LogP contribution in [0.25, 0.3) is 0 Å². The summed E-state index contributed by atoms with van der Waals surface area (Å²) in [7, 11) is 0. The molecule has 3 saturated carbocycles. The zero-order valence-corrected chi connectivity index (χ0v) is 11.7. The first-order valence-corrected chi connectivity index (χ1v) is 7.90. The van der Waals surface area contributed by atoms with Crippen LogP contribution in [0.3, 0.4) is 0 Å². The van der Waals surface area contributed by atoms with E-state index < -0.39 is 0 Å². The Morgan fingerprint density at radius 2 is 1.76 bits per heavy atom. The zero-order valence-electron chi connectivity index (χ0n) is 11.7. The van der Waals surface area contributed by atoms with Crippen LogP contribution in [-0.2, 0) is 0 Å². The number of hydrogen-bond donors (Lipinski definition) is 1. The SMILES string of the molecule is CC(C)NCC1(CC2CCCC2)CC2CC2C1. The summed E-state index contributed by atoms with van der Waals surface area (Å²) in [5.74, 6) is 3.33. The third-order valence-corrected chi connectivity index (χ3v) is 5.54. The second-order valence-electron chi connectivity index (χ2n) is 7.55. The van der Waals surface area contributed by atoms with Gasteiger partial charge in [0.1, 0.15) is 0 Å². The van der Waals surface area contributed by atoms with Crippen LogP contribution in [0.4, 0.5) is 0 Å². The van der Waals surface area contributed by atoms with Crippen molar-refractivity contribution < 1.29 is 0 Å². The molecule has 1 N–H and O–H groups in total. The van der Waals surface area contributed by atoms with Gasteiger partial charge in [-0.2, -0.15) is 0 Å². The molecule has 2 unspecified atom stereocenters. The average molecular weight is 235 g/mol. The highest BCUT2D eigenvalue weighted by Gasteiger charge is 2.53. The van der Waals surface area contributed by atoms with Crippen molar-refractivity contribution in [1.82, 2.24) is 5.32 Å². The van der Waals surface area contributed by atoms with Gasteiger partial charge in [0.05, 0.1) is 0 Å². The molecule has 98 valence electrons. The fourth-order valence-electron chi connectivity index (χ4n) is 4.64. The van der Waals surface area contributed by atoms with Gasteiger partial charge in [-0.25, -0.2) is 0 Å². The number of hydrogen-bond acceptors (Lipinski definition) is 1. The van der Waals surface area contributed by atoms with Crippen LogP contribution in [0.15, 0.2) is 0 Å². The van der Waals surface area contributed by atoms with E-state index in [2.05, 4.69) is 19.2 Å². The van der Waals surface area contributed by atoms with E-state index in [9.17, 15) is 0 Å². The highest BCUT2D eigenvalue weighted by molar-refractivity contribution is 5.05. The van der Waals surface area contributed by atoms with Crippen molar-refractivity contribution in [3.63, 3.8) is 0 Å². The quantitative estimate of drug-likeness (QED) is 0.760. The molecule has 1 nitrogen and oxygen atoms in total. The van der Waals surface area contributed by atoms with E-state index in [1.54, 1.807) is 25.7 Å². The molecule has 2 atom stereocenters. The molecule has 17 heavy (non-hydrogen) atoms. The fourth-order valence-corrected chi connectivity index (χ4v) is 4.64. The molecule has 0 aliphatic heterocycles. The van der Waals surface area contributed by atoms with Crippen molar-refractivity contribution in [3.8, 4) is 0 Å². The van der Waals surface area contributed by atoms with E-state index >= 15 is 0 Å². The molecule has 0 spiro atoms. The highest BCUT2D eigenvalue weighted by atomic mass is 14.9. The summed E-state index contributed by atoms with van der Waals surface area (Å²) in [6.45, 7) is 5.88. The molecule has 3 fully saturated rings. The molecule has 3 rings (SSSR count). The summed E-state index contributed by atoms with van der Waals surface area (Å²) >= 11 is 0. The highest BCUT2D eigenvalue weighted by Crippen LogP contribution is 2.62. The predicted molar refractivity (Wildman–Crippen MR) is 73.0 cm³/mol. The lowest BCUT2D eigenvalue weighted by Gasteiger charge is -2.34. The van der Waals surface area contributed by atoms with Gasteiger partial charge in [-0.1, -0.05) is 39.5 Å². The van der Waals surface area contributed by atoms with E-state index in [-0.39, 0.29) is 0 Å². The van der Waals surface area contributed by atoms with Crippen molar-refractivity contribution in [2.45, 2.75) is 71.3 Å². The minimum atomic E-state index is 0.660. The second-order valence-corrected chi connectivity index (χ2v) is 7.55. The number of rotatable bonds is 5. The van der Waals surface area contributed by atoms with Gasteiger partial charge >= 0.3 is 0 Å². The Morgan fingerprint density at radius 3 is 2.35 bits per heavy atom. The zero-order chi connectivity index (χ0) is 11.9. The van der Waals surface area contributed by atoms with Gasteiger partial charge in [-0.05, 0) is 48.9 Å². The smallest absolute Gasteiger partial charge is 0.00106 e. The minimum absolute atomic E-state index is 0.660. The maximum Gasteiger partial charge on any atom is 0.00106 e. The first-order valence-electron chi connectivity index (χ1n) is 7.90. The van der Waals surface area contributed by atoms with Gasteiger partial charge in [0, 0.05) is 12.6 Å². The summed E-state index contributed by atoms with van der Waals surface area (Å²) in [6.07, 6.45) is 12.3. The lowest BCUT2D eigenvalue weighted by Crippen LogP contribution is -2.38. The van der Waals surface area contributed by atoms with Crippen molar-refractivity contribution >= 4 is 0 Å². The predicted octanol–water partition coefficient (Wildman–Crippen LogP) is 3.98. The van der Waals surface area contributed by atoms with Crippen LogP contribution in [0.2, 0.25) is 0 Å². The standard InChI is InChI=1S/C16H29N/c1-12(2)17-11-16(8-13-5-3-4-6-13)9-14-7-15(14)10-16/h12-15,17H,3-11H2,1-2H3. The normalized spacial score (nSPS) is 41.1. The third-order valence-electron chi connectivity index (χ3n) is 5.54. The van der Waals surface area contributed by atoms with Crippen LogP contribution in [0.5, 0.6) is 0 Å². The van der Waals surface area contributed by atoms with Crippen LogP contribution >= 0.6 is 0 Å². The monoisotopic (exact) mass is 235 g/mol. The Morgan fingerprint density at radius 1 is 1.12 bits per heavy atom. The Labute approximate surface area is 107 Å². The van der Waals surface area contributed by atoms with Crippen LogP contribution in [0, 0.1) is 23.2 Å². The first-order chi connectivity index (χ1) is 8.17. The van der Waals surface area contributed by atoms with Crippen LogP contribution in [0.1, 0.15) is 65.2 Å². The summed E-state index contributed by atoms with van der Waals surface area (Å²) in [4.78, 5) is 0. The van der Waals surface area contributed by atoms with E-state index in [0.717, 1.165) is 17.8 Å². The van der Waals surface area contributed by atoms with E-state index in [1.807, 2.05) is 0 Å². The van der Waals surface area contributed by atoms with E-state index in [4.69, 9.17) is 0 Å². The molecule has 0 bridgehead atoms. The molecule has 0 aromatic rings. The molecule has 0 saturated heterocycles. The Kier molecular flexibility index (Phi) is 3.23. The average Bonchev–Trinajstić information content (AvgIpc) is 2.73. The first kappa shape index (κ1) is 12.0. The summed E-state index contributed by atoms with van der Waals surface area (Å²) < 4.78 is 0. The number of nitrogens with one attached hydrogen (secondary N) is 1. The molecule has 1 heteroatoms. The fraction of sp³-hybridized carbons (Fsp3) is 1.00. The third kappa shape index (κ3) is 2.70. The van der Waals surface area contributed by atoms with Crippen LogP contribution < -0.4 is 5.32 Å². The molecule has 0 amide bonds. The second kappa shape index (κ2) is 4.57. The van der Waals surface area contributed by atoms with E-state index in [0.29, 0.717) is 11.5 Å². The Hall–Kier alpha value is -0.0400. The largest absolute Gasteiger partial charge is 0.314 e. The van der Waals surface area contributed by atoms with Crippen molar-refractivity contribution in [3.05, 3.63) is 0 Å². The molecular formula is C16H29N. The topological polar surface area (TPSA) is 12.0 Å². The van der Waals surface area contributed by atoms with Gasteiger partial charge in [0.2, 0.25) is 0 Å². The van der Waals surface area contributed by atoms with Crippen molar-refractivity contribution in [2.24, 2.45) is 23.2 Å². The van der Waals surface area contributed by atoms with Gasteiger partial charge in [-0.15, -0.1) is 0 Å². The molecule has 0 aromatic heterocycles. The molecule has 0 radical (unpaired) electrons. The summed E-state index contributed by atoms with van der Waals surface area (Å²) in [6, 6.07) is 0.660. The Bertz CT molecular complexity index is 255. The van der Waals surface area contributed by atoms with E-state index in [1.165, 1.54) is 32.2 Å². The lowest BCUT2D eigenvalue weighted by molar-refractivity contribution is 0.185. The molecular weight excluding hydrogens is 206 g/mol. The summed E-state index contributed by atoms with van der Waals surface area (Å²) in [5.41, 5.74) is 0.701. The molecule has 3 aliphatic rings. The Balaban J connectivity index is 1.59. The molecule has 3 aliphatic carbocycles. The van der Waals surface area contributed by atoms with Gasteiger partial charge in [0.15, 0.2) is 0 Å². The minimum Gasteiger partial charge on any atom is -0.314 e. The molecule has 0 aromatic carbocycles. The maximum absolute atomic E-state index is 3.74. The van der Waals surface area contributed by atoms with Gasteiger partial charge < -0.3 is 5.32 Å².